The first-order chi connectivity index (χ1) is 13.0. The van der Waals surface area contributed by atoms with Gasteiger partial charge in [0, 0.05) is 13.1 Å². The Bertz CT molecular complexity index is 648. The van der Waals surface area contributed by atoms with Crippen LogP contribution in [0, 0.1) is 5.41 Å². The molecule has 1 atom stereocenters. The highest BCUT2D eigenvalue weighted by atomic mass is 16.5. The number of nitrogens with one attached hydrogen (secondary N) is 2. The van der Waals surface area contributed by atoms with Crippen molar-refractivity contribution < 1.29 is 19.0 Å². The number of carbonyl (C=O) groups is 1. The van der Waals surface area contributed by atoms with Crippen LogP contribution in [-0.2, 0) is 11.3 Å². The van der Waals surface area contributed by atoms with Crippen molar-refractivity contribution in [2.75, 3.05) is 48.0 Å². The zero-order valence-electron chi connectivity index (χ0n) is 16.8. The lowest BCUT2D eigenvalue weighted by atomic mass is 9.77. The Morgan fingerprint density at radius 1 is 1.19 bits per heavy atom. The zero-order valence-corrected chi connectivity index (χ0v) is 16.8. The van der Waals surface area contributed by atoms with Crippen LogP contribution in [0.5, 0.6) is 17.2 Å². The number of carbonyl (C=O) groups excluding carboxylic acids is 1. The van der Waals surface area contributed by atoms with Gasteiger partial charge >= 0.3 is 0 Å². The number of nitrogens with zero attached hydrogens (tertiary/aromatic N) is 1. The molecule has 2 aliphatic rings. The SMILES string of the molecule is COc1cc(CNC(=O)C2CC3(CCNCC3)CN2C)cc(OC)c1OC. The lowest BCUT2D eigenvalue weighted by Crippen LogP contribution is -2.41. The Morgan fingerprint density at radius 3 is 2.37 bits per heavy atom. The first-order valence-electron chi connectivity index (χ1n) is 9.49. The van der Waals surface area contributed by atoms with Crippen LogP contribution in [0.1, 0.15) is 24.8 Å². The largest absolute Gasteiger partial charge is 0.493 e. The zero-order chi connectivity index (χ0) is 19.4. The van der Waals surface area contributed by atoms with E-state index in [9.17, 15) is 4.79 Å². The van der Waals surface area contributed by atoms with Crippen LogP contribution in [0.2, 0.25) is 0 Å². The van der Waals surface area contributed by atoms with E-state index >= 15 is 0 Å². The predicted molar refractivity (Wildman–Crippen MR) is 104 cm³/mol. The molecule has 150 valence electrons. The van der Waals surface area contributed by atoms with Crippen molar-refractivity contribution in [2.45, 2.75) is 31.8 Å². The van der Waals surface area contributed by atoms with Crippen molar-refractivity contribution in [2.24, 2.45) is 5.41 Å². The second-order valence-electron chi connectivity index (χ2n) is 7.64. The molecular weight excluding hydrogens is 346 g/mol. The number of piperidine rings is 1. The fourth-order valence-corrected chi connectivity index (χ4v) is 4.43. The van der Waals surface area contributed by atoms with E-state index in [4.69, 9.17) is 14.2 Å². The number of rotatable bonds is 6. The molecule has 2 N–H and O–H groups in total. The molecule has 0 bridgehead atoms. The van der Waals surface area contributed by atoms with E-state index in [1.54, 1.807) is 21.3 Å². The van der Waals surface area contributed by atoms with Gasteiger partial charge in [0.05, 0.1) is 27.4 Å². The van der Waals surface area contributed by atoms with Crippen molar-refractivity contribution >= 4 is 5.91 Å². The van der Waals surface area contributed by atoms with Gasteiger partial charge in [0.2, 0.25) is 11.7 Å². The molecule has 2 saturated heterocycles. The molecular formula is C20H31N3O4. The monoisotopic (exact) mass is 377 g/mol. The maximum atomic E-state index is 12.8. The van der Waals surface area contributed by atoms with Crippen LogP contribution in [0.15, 0.2) is 12.1 Å². The third-order valence-corrected chi connectivity index (χ3v) is 5.90. The van der Waals surface area contributed by atoms with Gasteiger partial charge in [-0.1, -0.05) is 0 Å². The summed E-state index contributed by atoms with van der Waals surface area (Å²) in [5.41, 5.74) is 1.20. The summed E-state index contributed by atoms with van der Waals surface area (Å²) in [4.78, 5) is 15.0. The van der Waals surface area contributed by atoms with E-state index in [0.29, 0.717) is 23.8 Å². The van der Waals surface area contributed by atoms with Gasteiger partial charge in [0.1, 0.15) is 0 Å². The highest BCUT2D eigenvalue weighted by molar-refractivity contribution is 5.82. The van der Waals surface area contributed by atoms with E-state index in [0.717, 1.165) is 44.5 Å². The van der Waals surface area contributed by atoms with Crippen molar-refractivity contribution in [3.8, 4) is 17.2 Å². The minimum absolute atomic E-state index is 0.0647. The van der Waals surface area contributed by atoms with E-state index in [2.05, 4.69) is 22.6 Å². The summed E-state index contributed by atoms with van der Waals surface area (Å²) in [6.45, 7) is 3.52. The molecule has 1 aromatic carbocycles. The van der Waals surface area contributed by atoms with Crippen LogP contribution in [0.3, 0.4) is 0 Å². The van der Waals surface area contributed by atoms with E-state index < -0.39 is 0 Å². The average Bonchev–Trinajstić information content (AvgIpc) is 3.01. The average molecular weight is 377 g/mol. The van der Waals surface area contributed by atoms with Gasteiger partial charge in [-0.3, -0.25) is 9.69 Å². The Labute approximate surface area is 161 Å². The Balaban J connectivity index is 1.65. The second-order valence-corrected chi connectivity index (χ2v) is 7.64. The number of benzene rings is 1. The molecule has 2 fully saturated rings. The van der Waals surface area contributed by atoms with Crippen LogP contribution in [-0.4, -0.2) is 64.9 Å². The van der Waals surface area contributed by atoms with E-state index in [1.165, 1.54) is 0 Å². The van der Waals surface area contributed by atoms with Gasteiger partial charge in [-0.2, -0.15) is 0 Å². The summed E-state index contributed by atoms with van der Waals surface area (Å²) in [5, 5.41) is 6.50. The second kappa shape index (κ2) is 8.35. The molecule has 1 aromatic rings. The van der Waals surface area contributed by atoms with Crippen LogP contribution in [0.25, 0.3) is 0 Å². The topological polar surface area (TPSA) is 72.1 Å². The minimum Gasteiger partial charge on any atom is -0.493 e. The maximum absolute atomic E-state index is 12.8. The Morgan fingerprint density at radius 2 is 1.81 bits per heavy atom. The van der Waals surface area contributed by atoms with E-state index in [1.807, 2.05) is 12.1 Å². The van der Waals surface area contributed by atoms with Gasteiger partial charge in [-0.25, -0.2) is 0 Å². The number of likely N-dealkylation sites (tertiary alicyclic amines) is 1. The normalized spacial score (nSPS) is 21.9. The van der Waals surface area contributed by atoms with E-state index in [-0.39, 0.29) is 17.4 Å². The number of hydrogen-bond donors (Lipinski definition) is 2. The van der Waals surface area contributed by atoms with Crippen LogP contribution < -0.4 is 24.8 Å². The standard InChI is InChI=1S/C20H31N3O4/c1-23-13-20(5-7-21-8-6-20)11-15(23)19(24)22-12-14-9-16(25-2)18(27-4)17(10-14)26-3/h9-10,15,21H,5-8,11-13H2,1-4H3,(H,22,24). The minimum atomic E-state index is -0.0647. The molecule has 0 aromatic heterocycles. The molecule has 7 heteroatoms. The quantitative estimate of drug-likeness (QED) is 0.781. The predicted octanol–water partition coefficient (Wildman–Crippen LogP) is 1.40. The smallest absolute Gasteiger partial charge is 0.237 e. The highest BCUT2D eigenvalue weighted by Gasteiger charge is 2.45. The number of hydrogen-bond acceptors (Lipinski definition) is 6. The number of ether oxygens (including phenoxy) is 3. The lowest BCUT2D eigenvalue weighted by Gasteiger charge is -2.33. The van der Waals surface area contributed by atoms with Crippen molar-refractivity contribution in [3.05, 3.63) is 17.7 Å². The Hall–Kier alpha value is -1.99. The fraction of sp³-hybridized carbons (Fsp3) is 0.650. The highest BCUT2D eigenvalue weighted by Crippen LogP contribution is 2.41. The molecule has 2 aliphatic heterocycles. The van der Waals surface area contributed by atoms with Gasteiger partial charge in [-0.15, -0.1) is 0 Å². The lowest BCUT2D eigenvalue weighted by molar-refractivity contribution is -0.125. The summed E-state index contributed by atoms with van der Waals surface area (Å²) in [6.07, 6.45) is 3.23. The first kappa shape index (κ1) is 19.8. The first-order valence-corrected chi connectivity index (χ1v) is 9.49. The molecule has 2 heterocycles. The number of likely N-dealkylation sites (N-methyl/N-ethyl adjacent to an activating group) is 1. The summed E-state index contributed by atoms with van der Waals surface area (Å²) >= 11 is 0. The maximum Gasteiger partial charge on any atom is 0.237 e. The summed E-state index contributed by atoms with van der Waals surface area (Å²) in [6, 6.07) is 3.67. The molecule has 0 saturated carbocycles. The van der Waals surface area contributed by atoms with Crippen molar-refractivity contribution in [1.82, 2.24) is 15.5 Å². The molecule has 7 nitrogen and oxygen atoms in total. The molecule has 0 radical (unpaired) electrons. The molecule has 27 heavy (non-hydrogen) atoms. The fourth-order valence-electron chi connectivity index (χ4n) is 4.43. The molecule has 0 aliphatic carbocycles. The van der Waals surface area contributed by atoms with Gasteiger partial charge in [0.25, 0.3) is 0 Å². The molecule has 1 amide bonds. The summed E-state index contributed by atoms with van der Waals surface area (Å²) < 4.78 is 16.1. The van der Waals surface area contributed by atoms with Crippen molar-refractivity contribution in [3.63, 3.8) is 0 Å². The van der Waals surface area contributed by atoms with Gasteiger partial charge in [-0.05, 0) is 62.5 Å². The summed E-state index contributed by atoms with van der Waals surface area (Å²) in [7, 11) is 6.81. The number of amides is 1. The molecule has 3 rings (SSSR count). The van der Waals surface area contributed by atoms with Crippen LogP contribution in [0.4, 0.5) is 0 Å². The van der Waals surface area contributed by atoms with Crippen molar-refractivity contribution in [1.29, 1.82) is 0 Å². The van der Waals surface area contributed by atoms with Crippen LogP contribution >= 0.6 is 0 Å². The Kier molecular flexibility index (Phi) is 6.11. The molecule has 1 unspecified atom stereocenters. The third kappa shape index (κ3) is 4.14. The van der Waals surface area contributed by atoms with Gasteiger partial charge < -0.3 is 24.8 Å². The number of methoxy groups -OCH3 is 3. The summed E-state index contributed by atoms with van der Waals surface area (Å²) in [5.74, 6) is 1.82. The molecule has 1 spiro atoms. The third-order valence-electron chi connectivity index (χ3n) is 5.90. The van der Waals surface area contributed by atoms with Gasteiger partial charge in [0.15, 0.2) is 11.5 Å².